The van der Waals surface area contributed by atoms with Crippen LogP contribution in [0, 0.1) is 0 Å². The minimum Gasteiger partial charge on any atom is -0.396 e. The van der Waals surface area contributed by atoms with Crippen LogP contribution in [0.4, 0.5) is 11.4 Å². The topological polar surface area (TPSA) is 54.2 Å². The molecule has 0 aliphatic carbocycles. The van der Waals surface area contributed by atoms with Crippen LogP contribution >= 0.6 is 0 Å². The average molecular weight is 192 g/mol. The number of rotatable bonds is 1. The predicted octanol–water partition coefficient (Wildman–Crippen LogP) is 0.462. The number of hydrogen-bond acceptors (Lipinski definition) is 4. The first-order valence-corrected chi connectivity index (χ1v) is 4.95. The zero-order valence-corrected chi connectivity index (χ0v) is 8.40. The van der Waals surface area contributed by atoms with Crippen molar-refractivity contribution in [2.45, 2.75) is 13.0 Å². The monoisotopic (exact) mass is 192 g/mol. The summed E-state index contributed by atoms with van der Waals surface area (Å²) in [5, 5.41) is 3.40. The fourth-order valence-corrected chi connectivity index (χ4v) is 1.84. The van der Waals surface area contributed by atoms with E-state index in [2.05, 4.69) is 22.1 Å². The second-order valence-corrected chi connectivity index (χ2v) is 3.74. The molecule has 0 amide bonds. The largest absolute Gasteiger partial charge is 0.396 e. The quantitative estimate of drug-likeness (QED) is 0.679. The number of aromatic nitrogens is 1. The summed E-state index contributed by atoms with van der Waals surface area (Å²) in [6, 6.07) is 2.50. The number of pyridine rings is 1. The number of nitrogens with two attached hydrogens (primary N) is 1. The Kier molecular flexibility index (Phi) is 2.54. The second-order valence-electron chi connectivity index (χ2n) is 3.74. The molecule has 0 radical (unpaired) electrons. The zero-order valence-electron chi connectivity index (χ0n) is 8.40. The number of nitrogens with zero attached hydrogens (tertiary/aromatic N) is 2. The van der Waals surface area contributed by atoms with E-state index < -0.39 is 0 Å². The maximum atomic E-state index is 5.87. The Morgan fingerprint density at radius 1 is 1.64 bits per heavy atom. The first-order valence-electron chi connectivity index (χ1n) is 4.95. The van der Waals surface area contributed by atoms with E-state index in [-0.39, 0.29) is 0 Å². The second kappa shape index (κ2) is 3.84. The van der Waals surface area contributed by atoms with Gasteiger partial charge in [-0.1, -0.05) is 0 Å². The Labute approximate surface area is 84.1 Å². The lowest BCUT2D eigenvalue weighted by atomic mass is 10.2. The number of nitrogen functional groups attached to an aromatic ring is 1. The first-order chi connectivity index (χ1) is 6.77. The van der Waals surface area contributed by atoms with E-state index >= 15 is 0 Å². The van der Waals surface area contributed by atoms with Crippen LogP contribution in [0.25, 0.3) is 0 Å². The highest BCUT2D eigenvalue weighted by molar-refractivity contribution is 5.66. The summed E-state index contributed by atoms with van der Waals surface area (Å²) < 4.78 is 0. The average Bonchev–Trinajstić information content (AvgIpc) is 2.18. The minimum absolute atomic E-state index is 0.524. The van der Waals surface area contributed by atoms with Gasteiger partial charge in [0.05, 0.1) is 17.6 Å². The molecule has 0 saturated carbocycles. The van der Waals surface area contributed by atoms with Crippen molar-refractivity contribution in [2.75, 3.05) is 30.3 Å². The van der Waals surface area contributed by atoms with Gasteiger partial charge in [-0.05, 0) is 13.0 Å². The van der Waals surface area contributed by atoms with Gasteiger partial charge in [0.2, 0.25) is 0 Å². The molecule has 1 aliphatic rings. The summed E-state index contributed by atoms with van der Waals surface area (Å²) >= 11 is 0. The third-order valence-electron chi connectivity index (χ3n) is 2.54. The van der Waals surface area contributed by atoms with Crippen LogP contribution in [0.2, 0.25) is 0 Å². The molecule has 2 heterocycles. The molecule has 14 heavy (non-hydrogen) atoms. The van der Waals surface area contributed by atoms with Crippen LogP contribution in [0.3, 0.4) is 0 Å². The Morgan fingerprint density at radius 2 is 2.50 bits per heavy atom. The van der Waals surface area contributed by atoms with Gasteiger partial charge in [0.25, 0.3) is 0 Å². The van der Waals surface area contributed by atoms with Gasteiger partial charge in [-0.25, -0.2) is 0 Å². The lowest BCUT2D eigenvalue weighted by Gasteiger charge is -2.34. The summed E-state index contributed by atoms with van der Waals surface area (Å²) in [5.41, 5.74) is 7.74. The van der Waals surface area contributed by atoms with Crippen LogP contribution < -0.4 is 16.0 Å². The van der Waals surface area contributed by atoms with E-state index in [0.717, 1.165) is 31.0 Å². The Bertz CT molecular complexity index is 313. The molecule has 1 aromatic heterocycles. The van der Waals surface area contributed by atoms with Crippen molar-refractivity contribution in [3.05, 3.63) is 18.5 Å². The molecule has 1 unspecified atom stereocenters. The summed E-state index contributed by atoms with van der Waals surface area (Å²) in [7, 11) is 0. The van der Waals surface area contributed by atoms with E-state index in [1.165, 1.54) is 0 Å². The first kappa shape index (κ1) is 9.27. The molecule has 1 saturated heterocycles. The zero-order chi connectivity index (χ0) is 9.97. The van der Waals surface area contributed by atoms with Gasteiger partial charge in [-0.15, -0.1) is 0 Å². The number of anilines is 2. The lowest BCUT2D eigenvalue weighted by molar-refractivity contribution is 0.485. The van der Waals surface area contributed by atoms with Crippen molar-refractivity contribution >= 4 is 11.4 Å². The van der Waals surface area contributed by atoms with Crippen molar-refractivity contribution in [2.24, 2.45) is 0 Å². The van der Waals surface area contributed by atoms with Crippen LogP contribution in [0.1, 0.15) is 6.92 Å². The van der Waals surface area contributed by atoms with Crippen molar-refractivity contribution in [1.82, 2.24) is 10.3 Å². The molecular formula is C10H16N4. The van der Waals surface area contributed by atoms with Crippen molar-refractivity contribution in [1.29, 1.82) is 0 Å². The number of piperazine rings is 1. The van der Waals surface area contributed by atoms with Gasteiger partial charge >= 0.3 is 0 Å². The molecule has 1 fully saturated rings. The van der Waals surface area contributed by atoms with Gasteiger partial charge in [0, 0.05) is 31.9 Å². The molecule has 1 atom stereocenters. The minimum atomic E-state index is 0.524. The van der Waals surface area contributed by atoms with E-state index in [1.54, 1.807) is 12.4 Å². The summed E-state index contributed by atoms with van der Waals surface area (Å²) in [6.07, 6.45) is 3.50. The Morgan fingerprint density at radius 3 is 3.21 bits per heavy atom. The van der Waals surface area contributed by atoms with E-state index in [4.69, 9.17) is 5.73 Å². The SMILES string of the molecule is CC1CN(c2ccncc2N)CCN1. The Hall–Kier alpha value is -1.29. The molecule has 4 nitrogen and oxygen atoms in total. The van der Waals surface area contributed by atoms with Crippen LogP contribution in [-0.4, -0.2) is 30.7 Å². The van der Waals surface area contributed by atoms with Crippen LogP contribution in [0.5, 0.6) is 0 Å². The highest BCUT2D eigenvalue weighted by atomic mass is 15.2. The molecule has 4 heteroatoms. The van der Waals surface area contributed by atoms with Crippen LogP contribution in [0.15, 0.2) is 18.5 Å². The standard InChI is InChI=1S/C10H16N4/c1-8-7-14(5-4-13-8)10-2-3-12-6-9(10)11/h2-3,6,8,13H,4-5,7,11H2,1H3. The van der Waals surface area contributed by atoms with Gasteiger partial charge in [0.15, 0.2) is 0 Å². The van der Waals surface area contributed by atoms with Gasteiger partial charge in [-0.2, -0.15) is 0 Å². The molecule has 0 aromatic carbocycles. The normalized spacial score (nSPS) is 22.4. The molecule has 76 valence electrons. The van der Waals surface area contributed by atoms with Crippen molar-refractivity contribution < 1.29 is 0 Å². The van der Waals surface area contributed by atoms with Gasteiger partial charge < -0.3 is 16.0 Å². The third kappa shape index (κ3) is 1.80. The van der Waals surface area contributed by atoms with Crippen molar-refractivity contribution in [3.8, 4) is 0 Å². The maximum absolute atomic E-state index is 5.87. The molecule has 1 aliphatic heterocycles. The molecule has 0 spiro atoms. The smallest absolute Gasteiger partial charge is 0.0738 e. The predicted molar refractivity (Wildman–Crippen MR) is 58.3 cm³/mol. The van der Waals surface area contributed by atoms with Gasteiger partial charge in [-0.3, -0.25) is 4.98 Å². The van der Waals surface area contributed by atoms with Gasteiger partial charge in [0.1, 0.15) is 0 Å². The number of hydrogen-bond donors (Lipinski definition) is 2. The van der Waals surface area contributed by atoms with Crippen molar-refractivity contribution in [3.63, 3.8) is 0 Å². The fourth-order valence-electron chi connectivity index (χ4n) is 1.84. The Balaban J connectivity index is 2.18. The maximum Gasteiger partial charge on any atom is 0.0738 e. The highest BCUT2D eigenvalue weighted by Gasteiger charge is 2.17. The molecule has 0 bridgehead atoms. The van der Waals surface area contributed by atoms with Crippen LogP contribution in [-0.2, 0) is 0 Å². The summed E-state index contributed by atoms with van der Waals surface area (Å²) in [4.78, 5) is 6.30. The molecule has 2 rings (SSSR count). The van der Waals surface area contributed by atoms with E-state index in [9.17, 15) is 0 Å². The number of nitrogens with one attached hydrogen (secondary N) is 1. The summed E-state index contributed by atoms with van der Waals surface area (Å²) in [6.45, 7) is 5.22. The van der Waals surface area contributed by atoms with E-state index in [0.29, 0.717) is 6.04 Å². The summed E-state index contributed by atoms with van der Waals surface area (Å²) in [5.74, 6) is 0. The third-order valence-corrected chi connectivity index (χ3v) is 2.54. The molecule has 1 aromatic rings. The molecular weight excluding hydrogens is 176 g/mol. The highest BCUT2D eigenvalue weighted by Crippen LogP contribution is 2.22. The lowest BCUT2D eigenvalue weighted by Crippen LogP contribution is -2.49. The fraction of sp³-hybridized carbons (Fsp3) is 0.500. The molecule has 3 N–H and O–H groups in total. The van der Waals surface area contributed by atoms with E-state index in [1.807, 2.05) is 6.07 Å².